The van der Waals surface area contributed by atoms with Crippen LogP contribution in [-0.4, -0.2) is 21.9 Å². The summed E-state index contributed by atoms with van der Waals surface area (Å²) in [7, 11) is 0. The second-order valence-electron chi connectivity index (χ2n) is 5.85. The Bertz CT molecular complexity index is 684. The van der Waals surface area contributed by atoms with Crippen LogP contribution in [0.1, 0.15) is 17.7 Å². The van der Waals surface area contributed by atoms with Crippen LogP contribution in [0.2, 0.25) is 5.28 Å². The maximum Gasteiger partial charge on any atom is 0.224 e. The Hall–Kier alpha value is -1.88. The van der Waals surface area contributed by atoms with Gasteiger partial charge >= 0.3 is 0 Å². The van der Waals surface area contributed by atoms with Crippen LogP contribution in [0.5, 0.6) is 0 Å². The molecule has 1 saturated carbocycles. The number of amides is 1. The lowest BCUT2D eigenvalue weighted by Crippen LogP contribution is -2.41. The molecule has 6 heteroatoms. The minimum Gasteiger partial charge on any atom is -0.369 e. The van der Waals surface area contributed by atoms with Gasteiger partial charge in [-0.25, -0.2) is 9.97 Å². The molecular formula is C15H15ClN4O. The highest BCUT2D eigenvalue weighted by Gasteiger charge is 2.47. The smallest absolute Gasteiger partial charge is 0.224 e. The average Bonchev–Trinajstić information content (AvgIpc) is 3.11. The maximum atomic E-state index is 11.8. The van der Waals surface area contributed by atoms with Gasteiger partial charge in [-0.05, 0) is 29.9 Å². The zero-order chi connectivity index (χ0) is 14.6. The third-order valence-electron chi connectivity index (χ3n) is 4.68. The van der Waals surface area contributed by atoms with E-state index in [0.29, 0.717) is 11.7 Å². The first kappa shape index (κ1) is 12.8. The summed E-state index contributed by atoms with van der Waals surface area (Å²) < 4.78 is 0. The molecule has 1 amide bonds. The summed E-state index contributed by atoms with van der Waals surface area (Å²) in [6.07, 6.45) is 10.0. The third-order valence-corrected chi connectivity index (χ3v) is 4.85. The van der Waals surface area contributed by atoms with Gasteiger partial charge in [0.1, 0.15) is 5.82 Å². The molecule has 3 N–H and O–H groups in total. The number of nitrogens with two attached hydrogens (primary N) is 1. The summed E-state index contributed by atoms with van der Waals surface area (Å²) in [5.74, 6) is 0.829. The van der Waals surface area contributed by atoms with E-state index in [1.54, 1.807) is 0 Å². The summed E-state index contributed by atoms with van der Waals surface area (Å²) in [4.78, 5) is 20.3. The van der Waals surface area contributed by atoms with Crippen LogP contribution in [0.3, 0.4) is 0 Å². The molecule has 4 unspecified atom stereocenters. The zero-order valence-electron chi connectivity index (χ0n) is 11.3. The Kier molecular flexibility index (Phi) is 2.79. The fourth-order valence-electron chi connectivity index (χ4n) is 3.78. The van der Waals surface area contributed by atoms with E-state index in [-0.39, 0.29) is 29.1 Å². The zero-order valence-corrected chi connectivity index (χ0v) is 12.0. The van der Waals surface area contributed by atoms with Crippen molar-refractivity contribution in [1.82, 2.24) is 9.97 Å². The molecular weight excluding hydrogens is 288 g/mol. The number of carbonyl (C=O) groups excluding carboxylic acids is 1. The summed E-state index contributed by atoms with van der Waals surface area (Å²) in [6.45, 7) is 0. The maximum absolute atomic E-state index is 11.8. The predicted molar refractivity (Wildman–Crippen MR) is 80.6 cm³/mol. The lowest BCUT2D eigenvalue weighted by molar-refractivity contribution is -0.122. The SMILES string of the molecule is NC(=O)C1C2C=CC(C2)C1Nc1nc(Cl)nc2c1C=CC2. The van der Waals surface area contributed by atoms with Gasteiger partial charge in [-0.2, -0.15) is 0 Å². The van der Waals surface area contributed by atoms with E-state index in [1.165, 1.54) is 0 Å². The number of rotatable bonds is 3. The van der Waals surface area contributed by atoms with Gasteiger partial charge in [0.15, 0.2) is 0 Å². The predicted octanol–water partition coefficient (Wildman–Crippen LogP) is 1.79. The van der Waals surface area contributed by atoms with Gasteiger partial charge in [0, 0.05) is 18.0 Å². The summed E-state index contributed by atoms with van der Waals surface area (Å²) >= 11 is 6.00. The van der Waals surface area contributed by atoms with Crippen molar-refractivity contribution in [3.63, 3.8) is 0 Å². The lowest BCUT2D eigenvalue weighted by atomic mass is 9.88. The fraction of sp³-hybridized carbons (Fsp3) is 0.400. The van der Waals surface area contributed by atoms with E-state index in [0.717, 1.165) is 24.1 Å². The van der Waals surface area contributed by atoms with Gasteiger partial charge in [0.05, 0.1) is 11.6 Å². The first-order chi connectivity index (χ1) is 10.1. The second kappa shape index (κ2) is 4.56. The van der Waals surface area contributed by atoms with Crippen molar-refractivity contribution in [3.8, 4) is 0 Å². The van der Waals surface area contributed by atoms with E-state index >= 15 is 0 Å². The van der Waals surface area contributed by atoms with Crippen LogP contribution in [0.15, 0.2) is 18.2 Å². The van der Waals surface area contributed by atoms with Gasteiger partial charge in [-0.3, -0.25) is 4.79 Å². The molecule has 0 spiro atoms. The number of primary amides is 1. The van der Waals surface area contributed by atoms with Gasteiger partial charge in [-0.1, -0.05) is 24.3 Å². The van der Waals surface area contributed by atoms with Crippen LogP contribution in [0, 0.1) is 17.8 Å². The molecule has 3 aliphatic rings. The summed E-state index contributed by atoms with van der Waals surface area (Å²) in [5.41, 5.74) is 7.48. The molecule has 4 rings (SSSR count). The highest BCUT2D eigenvalue weighted by molar-refractivity contribution is 6.28. The van der Waals surface area contributed by atoms with E-state index in [4.69, 9.17) is 17.3 Å². The molecule has 0 aromatic carbocycles. The first-order valence-corrected chi connectivity index (χ1v) is 7.48. The van der Waals surface area contributed by atoms with E-state index in [2.05, 4.69) is 27.4 Å². The quantitative estimate of drug-likeness (QED) is 0.659. The van der Waals surface area contributed by atoms with Crippen molar-refractivity contribution in [2.75, 3.05) is 5.32 Å². The van der Waals surface area contributed by atoms with E-state index < -0.39 is 0 Å². The monoisotopic (exact) mass is 302 g/mol. The topological polar surface area (TPSA) is 80.9 Å². The fourth-order valence-corrected chi connectivity index (χ4v) is 3.97. The number of allylic oxidation sites excluding steroid dienone is 2. The molecule has 1 aromatic heterocycles. The normalized spacial score (nSPS) is 31.7. The van der Waals surface area contributed by atoms with Crippen LogP contribution < -0.4 is 11.1 Å². The van der Waals surface area contributed by atoms with Gasteiger partial charge in [-0.15, -0.1) is 0 Å². The minimum absolute atomic E-state index is 0.0124. The number of anilines is 1. The van der Waals surface area contributed by atoms with Gasteiger partial charge in [0.25, 0.3) is 0 Å². The number of halogens is 1. The molecule has 5 nitrogen and oxygen atoms in total. The molecule has 2 bridgehead atoms. The standard InChI is InChI=1S/C15H15ClN4O/c16-15-18-10-3-1-2-9(10)14(20-15)19-12-8-5-4-7(6-8)11(12)13(17)21/h1-2,4-5,7-8,11-12H,3,6H2,(H2,17,21)(H,18,19,20). The highest BCUT2D eigenvalue weighted by atomic mass is 35.5. The van der Waals surface area contributed by atoms with Gasteiger partial charge < -0.3 is 11.1 Å². The minimum atomic E-state index is -0.253. The molecule has 0 radical (unpaired) electrons. The van der Waals surface area contributed by atoms with Gasteiger partial charge in [0.2, 0.25) is 11.2 Å². The molecule has 0 saturated heterocycles. The molecule has 108 valence electrons. The number of hydrogen-bond donors (Lipinski definition) is 2. The number of nitrogens with one attached hydrogen (secondary N) is 1. The Morgan fingerprint density at radius 3 is 2.95 bits per heavy atom. The van der Waals surface area contributed by atoms with Crippen molar-refractivity contribution in [3.05, 3.63) is 34.8 Å². The van der Waals surface area contributed by atoms with Crippen molar-refractivity contribution >= 4 is 29.4 Å². The Morgan fingerprint density at radius 1 is 1.33 bits per heavy atom. The molecule has 0 aliphatic heterocycles. The van der Waals surface area contributed by atoms with Crippen molar-refractivity contribution in [2.24, 2.45) is 23.5 Å². The summed E-state index contributed by atoms with van der Waals surface area (Å²) in [6, 6.07) is -0.0124. The highest BCUT2D eigenvalue weighted by Crippen LogP contribution is 2.45. The second-order valence-corrected chi connectivity index (χ2v) is 6.19. The van der Waals surface area contributed by atoms with Crippen molar-refractivity contribution in [2.45, 2.75) is 18.9 Å². The number of nitrogens with zero attached hydrogens (tertiary/aromatic N) is 2. The van der Waals surface area contributed by atoms with Crippen LogP contribution in [0.4, 0.5) is 5.82 Å². The Balaban J connectivity index is 1.69. The molecule has 4 atom stereocenters. The largest absolute Gasteiger partial charge is 0.369 e. The summed E-state index contributed by atoms with van der Waals surface area (Å²) in [5, 5.41) is 3.64. The van der Waals surface area contributed by atoms with Crippen LogP contribution in [-0.2, 0) is 11.2 Å². The average molecular weight is 303 g/mol. The Morgan fingerprint density at radius 2 is 2.14 bits per heavy atom. The van der Waals surface area contributed by atoms with E-state index in [9.17, 15) is 4.79 Å². The van der Waals surface area contributed by atoms with Crippen molar-refractivity contribution < 1.29 is 4.79 Å². The van der Waals surface area contributed by atoms with Crippen molar-refractivity contribution in [1.29, 1.82) is 0 Å². The number of fused-ring (bicyclic) bond motifs is 3. The molecule has 3 aliphatic carbocycles. The van der Waals surface area contributed by atoms with E-state index in [1.807, 2.05) is 12.2 Å². The first-order valence-electron chi connectivity index (χ1n) is 7.10. The third kappa shape index (κ3) is 1.95. The number of carbonyl (C=O) groups is 1. The number of aromatic nitrogens is 2. The molecule has 1 heterocycles. The Labute approximate surface area is 127 Å². The number of hydrogen-bond acceptors (Lipinski definition) is 4. The lowest BCUT2D eigenvalue weighted by Gasteiger charge is -2.27. The molecule has 21 heavy (non-hydrogen) atoms. The van der Waals surface area contributed by atoms with Crippen LogP contribution >= 0.6 is 11.6 Å². The molecule has 1 aromatic rings. The van der Waals surface area contributed by atoms with Crippen LogP contribution in [0.25, 0.3) is 6.08 Å². The molecule has 1 fully saturated rings.